The van der Waals surface area contributed by atoms with Crippen molar-refractivity contribution in [2.45, 2.75) is 31.0 Å². The predicted molar refractivity (Wildman–Crippen MR) is 75.3 cm³/mol. The smallest absolute Gasteiger partial charge is 0.303 e. The largest absolute Gasteiger partial charge is 0.387 e. The summed E-state index contributed by atoms with van der Waals surface area (Å²) in [4.78, 5) is 16.1. The van der Waals surface area contributed by atoms with Gasteiger partial charge in [0.15, 0.2) is 5.65 Å². The number of hydrogen-bond donors (Lipinski definition) is 2. The Kier molecular flexibility index (Phi) is 3.01. The third kappa shape index (κ3) is 1.70. The van der Waals surface area contributed by atoms with Crippen molar-refractivity contribution >= 4 is 11.2 Å². The van der Waals surface area contributed by atoms with Crippen LogP contribution in [0.25, 0.3) is 16.0 Å². The van der Waals surface area contributed by atoms with Crippen molar-refractivity contribution in [3.05, 3.63) is 41.9 Å². The molecule has 3 atom stereocenters. The number of aryl methyl sites for hydroxylation is 1. The average molecular weight is 285 g/mol. The number of rotatable bonds is 2. The third-order valence-electron chi connectivity index (χ3n) is 4.27. The van der Waals surface area contributed by atoms with Crippen LogP contribution in [0.2, 0.25) is 0 Å². The van der Waals surface area contributed by atoms with Crippen molar-refractivity contribution in [2.24, 2.45) is 0 Å². The van der Waals surface area contributed by atoms with Gasteiger partial charge in [0.25, 0.3) is 0 Å². The van der Waals surface area contributed by atoms with Gasteiger partial charge in [0.2, 0.25) is 0 Å². The molecule has 21 heavy (non-hydrogen) atoms. The molecule has 1 aliphatic carbocycles. The lowest BCUT2D eigenvalue weighted by Gasteiger charge is -2.19. The first-order chi connectivity index (χ1) is 10.0. The van der Waals surface area contributed by atoms with Gasteiger partial charge in [0.05, 0.1) is 18.1 Å². The van der Waals surface area contributed by atoms with Gasteiger partial charge in [-0.05, 0) is 6.92 Å². The Hall–Kier alpha value is -2.30. The molecule has 2 N–H and O–H groups in total. The molecule has 0 saturated heterocycles. The van der Waals surface area contributed by atoms with Crippen LogP contribution in [0.3, 0.4) is 0 Å². The summed E-state index contributed by atoms with van der Waals surface area (Å²) in [6, 6.07) is -0.319. The molecule has 2 aromatic rings. The molecule has 0 aromatic carbocycles. The number of nitrogens with zero attached hydrogens (tertiary/aromatic N) is 5. The monoisotopic (exact) mass is 285 g/mol. The van der Waals surface area contributed by atoms with Gasteiger partial charge in [-0.25, -0.2) is 21.5 Å². The van der Waals surface area contributed by atoms with Crippen molar-refractivity contribution in [1.82, 2.24) is 19.5 Å². The summed E-state index contributed by atoms with van der Waals surface area (Å²) in [6.45, 7) is 12.6. The number of fused-ring (bicyclic) bond motifs is 1. The second kappa shape index (κ2) is 4.62. The summed E-state index contributed by atoms with van der Waals surface area (Å²) in [7, 11) is 0. The molecule has 0 unspecified atom stereocenters. The fraction of sp³-hybridized carbons (Fsp3) is 0.429. The van der Waals surface area contributed by atoms with Crippen LogP contribution in [0.4, 0.5) is 0 Å². The summed E-state index contributed by atoms with van der Waals surface area (Å²) in [6.07, 6.45) is 2.42. The van der Waals surface area contributed by atoms with E-state index in [9.17, 15) is 10.2 Å². The zero-order valence-electron chi connectivity index (χ0n) is 11.6. The Labute approximate surface area is 121 Å². The number of aromatic nitrogens is 4. The van der Waals surface area contributed by atoms with Crippen LogP contribution in [0.15, 0.2) is 24.8 Å². The summed E-state index contributed by atoms with van der Waals surface area (Å²) >= 11 is 0. The van der Waals surface area contributed by atoms with Gasteiger partial charge < -0.3 is 14.8 Å². The van der Waals surface area contributed by atoms with E-state index in [1.807, 2.05) is 6.92 Å². The highest BCUT2D eigenvalue weighted by molar-refractivity contribution is 5.73. The third-order valence-corrected chi connectivity index (χ3v) is 4.27. The highest BCUT2D eigenvalue weighted by Gasteiger charge is 2.57. The van der Waals surface area contributed by atoms with Crippen LogP contribution in [0.5, 0.6) is 0 Å². The molecule has 3 rings (SSSR count). The van der Waals surface area contributed by atoms with E-state index in [4.69, 9.17) is 6.57 Å². The number of hydrogen-bond acceptors (Lipinski definition) is 5. The lowest BCUT2D eigenvalue weighted by Crippen LogP contribution is -2.39. The minimum Gasteiger partial charge on any atom is -0.387 e. The van der Waals surface area contributed by atoms with Crippen molar-refractivity contribution in [3.8, 4) is 0 Å². The maximum atomic E-state index is 10.2. The van der Waals surface area contributed by atoms with E-state index in [-0.39, 0.29) is 6.04 Å². The second-order valence-electron chi connectivity index (χ2n) is 5.27. The zero-order valence-corrected chi connectivity index (χ0v) is 11.6. The van der Waals surface area contributed by atoms with Gasteiger partial charge in [-0.15, -0.1) is 0 Å². The summed E-state index contributed by atoms with van der Waals surface area (Å²) < 4.78 is 1.79. The zero-order chi connectivity index (χ0) is 15.2. The van der Waals surface area contributed by atoms with Gasteiger partial charge in [0, 0.05) is 12.0 Å². The Bertz CT molecular complexity index is 762. The number of aliphatic hydroxyl groups excluding tert-OH is 2. The van der Waals surface area contributed by atoms with Gasteiger partial charge in [-0.3, -0.25) is 4.85 Å². The normalized spacial score (nSPS) is 29.0. The molecule has 1 aliphatic rings. The molecule has 2 aromatic heterocycles. The van der Waals surface area contributed by atoms with Crippen LogP contribution in [-0.2, 0) is 0 Å². The van der Waals surface area contributed by atoms with Crippen LogP contribution in [0.1, 0.15) is 18.2 Å². The van der Waals surface area contributed by atoms with Gasteiger partial charge in [-0.1, -0.05) is 6.58 Å². The van der Waals surface area contributed by atoms with Crippen molar-refractivity contribution < 1.29 is 10.2 Å². The average Bonchev–Trinajstić information content (AvgIpc) is 3.00. The summed E-state index contributed by atoms with van der Waals surface area (Å²) in [5, 5.41) is 19.7. The van der Waals surface area contributed by atoms with E-state index in [0.29, 0.717) is 23.2 Å². The Balaban J connectivity index is 2.11. The molecule has 2 heterocycles. The lowest BCUT2D eigenvalue weighted by atomic mass is 9.93. The first-order valence-corrected chi connectivity index (χ1v) is 6.56. The lowest BCUT2D eigenvalue weighted by molar-refractivity contribution is 0.0989. The molecule has 7 heteroatoms. The van der Waals surface area contributed by atoms with E-state index in [1.54, 1.807) is 10.9 Å². The minimum absolute atomic E-state index is 0.302. The highest BCUT2D eigenvalue weighted by Crippen LogP contribution is 2.45. The Morgan fingerprint density at radius 2 is 2.29 bits per heavy atom. The quantitative estimate of drug-likeness (QED) is 0.624. The Morgan fingerprint density at radius 1 is 1.52 bits per heavy atom. The summed E-state index contributed by atoms with van der Waals surface area (Å²) in [5.74, 6) is 0. The fourth-order valence-electron chi connectivity index (χ4n) is 2.92. The molecular weight excluding hydrogens is 270 g/mol. The maximum Gasteiger partial charge on any atom is 0.303 e. The van der Waals surface area contributed by atoms with Crippen LogP contribution < -0.4 is 0 Å². The van der Waals surface area contributed by atoms with Crippen LogP contribution in [0, 0.1) is 13.5 Å². The maximum absolute atomic E-state index is 10.2. The molecule has 0 aliphatic heterocycles. The summed E-state index contributed by atoms with van der Waals surface area (Å²) in [5.41, 5.74) is 1.23. The predicted octanol–water partition coefficient (Wildman–Crippen LogP) is 0.647. The van der Waals surface area contributed by atoms with E-state index in [2.05, 4.69) is 26.4 Å². The van der Waals surface area contributed by atoms with E-state index < -0.39 is 18.2 Å². The molecule has 1 fully saturated rings. The first kappa shape index (κ1) is 13.7. The highest BCUT2D eigenvalue weighted by atomic mass is 16.3. The Morgan fingerprint density at radius 3 is 2.90 bits per heavy atom. The number of aliphatic hydroxyl groups is 2. The van der Waals surface area contributed by atoms with Crippen LogP contribution in [-0.4, -0.2) is 48.0 Å². The van der Waals surface area contributed by atoms with Crippen molar-refractivity contribution in [1.29, 1.82) is 0 Å². The van der Waals surface area contributed by atoms with Gasteiger partial charge in [-0.2, -0.15) is 0 Å². The van der Waals surface area contributed by atoms with E-state index in [1.165, 1.54) is 6.33 Å². The van der Waals surface area contributed by atoms with Crippen molar-refractivity contribution in [3.63, 3.8) is 0 Å². The minimum atomic E-state index is -1.34. The molecule has 1 saturated carbocycles. The fourth-order valence-corrected chi connectivity index (χ4v) is 2.92. The van der Waals surface area contributed by atoms with Crippen molar-refractivity contribution in [2.75, 3.05) is 6.61 Å². The molecule has 0 bridgehead atoms. The standard InChI is InChI=1S/C14H15N5O2/c1-8-10(4-11(21)14(8,5-20)15-3)19-7-18-12-9(2)16-6-17-13(12)19/h6-7,10-11,20-21H,1,4-5H2,2H3/t10-,11-,14+/m0/s1. The SMILES string of the molecule is [C-]#[N+][C@]1(CO)C(=C)[C@@H](n2cnc3c(C)ncnc32)C[C@@H]1O. The topological polar surface area (TPSA) is 88.4 Å². The molecule has 0 radical (unpaired) electrons. The first-order valence-electron chi connectivity index (χ1n) is 6.56. The van der Waals surface area contributed by atoms with Crippen LogP contribution >= 0.6 is 0 Å². The molecule has 108 valence electrons. The van der Waals surface area contributed by atoms with E-state index in [0.717, 1.165) is 5.69 Å². The van der Waals surface area contributed by atoms with E-state index >= 15 is 0 Å². The molecular formula is C14H15N5O2. The molecule has 0 spiro atoms. The second-order valence-corrected chi connectivity index (χ2v) is 5.27. The number of imidazole rings is 1. The molecule has 0 amide bonds. The van der Waals surface area contributed by atoms with Gasteiger partial charge in [0.1, 0.15) is 24.6 Å². The molecule has 7 nitrogen and oxygen atoms in total. The van der Waals surface area contributed by atoms with Gasteiger partial charge >= 0.3 is 5.54 Å².